The molecule has 24 heavy (non-hydrogen) atoms. The molecule has 0 saturated heterocycles. The number of amides is 2. The third-order valence-electron chi connectivity index (χ3n) is 2.85. The maximum atomic E-state index is 12.3. The topological polar surface area (TPSA) is 121 Å². The molecule has 0 atom stereocenters. The number of hydrogen-bond donors (Lipinski definition) is 3. The van der Waals surface area contributed by atoms with Gasteiger partial charge in [-0.2, -0.15) is 0 Å². The molecule has 0 spiro atoms. The highest BCUT2D eigenvalue weighted by atomic mass is 35.5. The monoisotopic (exact) mass is 348 g/mol. The summed E-state index contributed by atoms with van der Waals surface area (Å²) in [5.41, 5.74) is 0.127. The van der Waals surface area contributed by atoms with E-state index >= 15 is 0 Å². The first-order chi connectivity index (χ1) is 11.5. The number of carbonyl (C=O) groups is 3. The lowest BCUT2D eigenvalue weighted by molar-refractivity contribution is -0.136. The van der Waals surface area contributed by atoms with E-state index in [-0.39, 0.29) is 24.4 Å². The minimum absolute atomic E-state index is 0.0804. The lowest BCUT2D eigenvalue weighted by atomic mass is 10.2. The zero-order valence-electron chi connectivity index (χ0n) is 12.3. The summed E-state index contributed by atoms with van der Waals surface area (Å²) in [5, 5.41) is 14.0. The summed E-state index contributed by atoms with van der Waals surface area (Å²) >= 11 is 5.77. The van der Waals surface area contributed by atoms with Crippen LogP contribution in [0.4, 0.5) is 5.69 Å². The van der Waals surface area contributed by atoms with Gasteiger partial charge >= 0.3 is 5.97 Å². The van der Waals surface area contributed by atoms with Crippen molar-refractivity contribution < 1.29 is 19.5 Å². The van der Waals surface area contributed by atoms with Gasteiger partial charge in [0.05, 0.1) is 6.42 Å². The van der Waals surface area contributed by atoms with Crippen LogP contribution in [0.1, 0.15) is 27.4 Å². The number of anilines is 1. The third-order valence-corrected chi connectivity index (χ3v) is 3.11. The summed E-state index contributed by atoms with van der Waals surface area (Å²) in [6.45, 7) is -0.0804. The number of aliphatic carboxylic acids is 1. The molecule has 1 aromatic heterocycles. The average molecular weight is 349 g/mol. The first kappa shape index (κ1) is 17.4. The molecule has 9 heteroatoms. The van der Waals surface area contributed by atoms with Gasteiger partial charge in [-0.3, -0.25) is 14.4 Å². The average Bonchev–Trinajstić information content (AvgIpc) is 2.56. The highest BCUT2D eigenvalue weighted by Crippen LogP contribution is 2.14. The molecule has 8 nitrogen and oxygen atoms in total. The molecule has 2 amide bonds. The Labute approximate surface area is 141 Å². The SMILES string of the molecule is O=C(O)CCNC(=O)c1nccnc1C(=O)Nc1ccc(Cl)cc1. The quantitative estimate of drug-likeness (QED) is 0.728. The fourth-order valence-electron chi connectivity index (χ4n) is 1.76. The Kier molecular flexibility index (Phi) is 5.80. The summed E-state index contributed by atoms with van der Waals surface area (Å²) in [6, 6.07) is 6.41. The Balaban J connectivity index is 2.12. The Morgan fingerprint density at radius 3 is 2.17 bits per heavy atom. The lowest BCUT2D eigenvalue weighted by Gasteiger charge is -2.08. The Morgan fingerprint density at radius 1 is 1.00 bits per heavy atom. The van der Waals surface area contributed by atoms with Crippen molar-refractivity contribution >= 4 is 35.1 Å². The molecule has 0 unspecified atom stereocenters. The van der Waals surface area contributed by atoms with Crippen molar-refractivity contribution in [1.29, 1.82) is 0 Å². The lowest BCUT2D eigenvalue weighted by Crippen LogP contribution is -2.30. The number of carbonyl (C=O) groups excluding carboxylic acids is 2. The zero-order valence-corrected chi connectivity index (χ0v) is 13.1. The Morgan fingerprint density at radius 2 is 1.58 bits per heavy atom. The van der Waals surface area contributed by atoms with Crippen molar-refractivity contribution in [1.82, 2.24) is 15.3 Å². The summed E-state index contributed by atoms with van der Waals surface area (Å²) in [4.78, 5) is 42.5. The van der Waals surface area contributed by atoms with Crippen LogP contribution in [-0.2, 0) is 4.79 Å². The Hall–Kier alpha value is -3.00. The fourth-order valence-corrected chi connectivity index (χ4v) is 1.89. The van der Waals surface area contributed by atoms with Gasteiger partial charge in [0.2, 0.25) is 0 Å². The van der Waals surface area contributed by atoms with Crippen LogP contribution in [0.5, 0.6) is 0 Å². The third kappa shape index (κ3) is 4.75. The first-order valence-electron chi connectivity index (χ1n) is 6.85. The second kappa shape index (κ2) is 8.02. The second-order valence-corrected chi connectivity index (χ2v) is 5.05. The molecule has 1 aromatic carbocycles. The molecule has 0 aliphatic carbocycles. The van der Waals surface area contributed by atoms with Gasteiger partial charge in [-0.05, 0) is 24.3 Å². The van der Waals surface area contributed by atoms with Gasteiger partial charge in [0.1, 0.15) is 0 Å². The van der Waals surface area contributed by atoms with Crippen molar-refractivity contribution in [3.05, 3.63) is 53.1 Å². The van der Waals surface area contributed by atoms with Crippen LogP contribution in [0, 0.1) is 0 Å². The van der Waals surface area contributed by atoms with E-state index in [1.807, 2.05) is 0 Å². The molecule has 0 aliphatic heterocycles. The van der Waals surface area contributed by atoms with E-state index in [9.17, 15) is 14.4 Å². The molecule has 0 radical (unpaired) electrons. The van der Waals surface area contributed by atoms with Crippen LogP contribution in [0.2, 0.25) is 5.02 Å². The molecule has 0 bridgehead atoms. The van der Waals surface area contributed by atoms with Gasteiger partial charge in [-0.1, -0.05) is 11.6 Å². The molecule has 124 valence electrons. The molecule has 2 aromatic rings. The number of halogens is 1. The number of nitrogens with one attached hydrogen (secondary N) is 2. The summed E-state index contributed by atoms with van der Waals surface area (Å²) in [6.07, 6.45) is 2.31. The van der Waals surface area contributed by atoms with Crippen LogP contribution in [0.15, 0.2) is 36.7 Å². The van der Waals surface area contributed by atoms with Crippen molar-refractivity contribution in [3.8, 4) is 0 Å². The van der Waals surface area contributed by atoms with Crippen LogP contribution in [-0.4, -0.2) is 39.4 Å². The van der Waals surface area contributed by atoms with E-state index in [0.29, 0.717) is 10.7 Å². The highest BCUT2D eigenvalue weighted by molar-refractivity contribution is 6.30. The zero-order chi connectivity index (χ0) is 17.5. The maximum Gasteiger partial charge on any atom is 0.305 e. The van der Waals surface area contributed by atoms with Crippen LogP contribution >= 0.6 is 11.6 Å². The number of carboxylic acids is 1. The summed E-state index contributed by atoms with van der Waals surface area (Å²) in [7, 11) is 0. The molecule has 0 aliphatic rings. The molecule has 3 N–H and O–H groups in total. The van der Waals surface area contributed by atoms with Crippen LogP contribution < -0.4 is 10.6 Å². The molecule has 2 rings (SSSR count). The smallest absolute Gasteiger partial charge is 0.305 e. The largest absolute Gasteiger partial charge is 0.481 e. The highest BCUT2D eigenvalue weighted by Gasteiger charge is 2.20. The summed E-state index contributed by atoms with van der Waals surface area (Å²) in [5.74, 6) is -2.34. The van der Waals surface area contributed by atoms with Gasteiger partial charge in [0.15, 0.2) is 11.4 Å². The molecular formula is C15H13ClN4O4. The van der Waals surface area contributed by atoms with Crippen LogP contribution in [0.25, 0.3) is 0 Å². The van der Waals surface area contributed by atoms with Crippen molar-refractivity contribution in [2.24, 2.45) is 0 Å². The minimum atomic E-state index is -1.05. The Bertz CT molecular complexity index is 764. The number of benzene rings is 1. The predicted octanol–water partition coefficient (Wildman–Crippen LogP) is 1.59. The molecular weight excluding hydrogens is 336 g/mol. The number of hydrogen-bond acceptors (Lipinski definition) is 5. The second-order valence-electron chi connectivity index (χ2n) is 4.61. The van der Waals surface area contributed by atoms with E-state index in [0.717, 1.165) is 0 Å². The fraction of sp³-hybridized carbons (Fsp3) is 0.133. The van der Waals surface area contributed by atoms with Crippen LogP contribution in [0.3, 0.4) is 0 Å². The predicted molar refractivity (Wildman–Crippen MR) is 86.0 cm³/mol. The van der Waals surface area contributed by atoms with E-state index in [1.165, 1.54) is 12.4 Å². The van der Waals surface area contributed by atoms with E-state index < -0.39 is 17.8 Å². The van der Waals surface area contributed by atoms with E-state index in [2.05, 4.69) is 20.6 Å². The van der Waals surface area contributed by atoms with E-state index in [4.69, 9.17) is 16.7 Å². The number of nitrogens with zero attached hydrogens (tertiary/aromatic N) is 2. The van der Waals surface area contributed by atoms with Crippen molar-refractivity contribution in [2.75, 3.05) is 11.9 Å². The number of carboxylic acid groups (broad SMARTS) is 1. The molecule has 1 heterocycles. The molecule has 0 fully saturated rings. The van der Waals surface area contributed by atoms with Gasteiger partial charge < -0.3 is 15.7 Å². The van der Waals surface area contributed by atoms with Gasteiger partial charge in [0.25, 0.3) is 11.8 Å². The maximum absolute atomic E-state index is 12.3. The van der Waals surface area contributed by atoms with Gasteiger partial charge in [0, 0.05) is 29.6 Å². The molecule has 0 saturated carbocycles. The number of aromatic nitrogens is 2. The van der Waals surface area contributed by atoms with Crippen molar-refractivity contribution in [3.63, 3.8) is 0 Å². The van der Waals surface area contributed by atoms with E-state index in [1.54, 1.807) is 24.3 Å². The summed E-state index contributed by atoms with van der Waals surface area (Å²) < 4.78 is 0. The van der Waals surface area contributed by atoms with Gasteiger partial charge in [-0.25, -0.2) is 9.97 Å². The normalized spacial score (nSPS) is 10.0. The van der Waals surface area contributed by atoms with Gasteiger partial charge in [-0.15, -0.1) is 0 Å². The van der Waals surface area contributed by atoms with Crippen molar-refractivity contribution in [2.45, 2.75) is 6.42 Å². The minimum Gasteiger partial charge on any atom is -0.481 e. The standard InChI is InChI=1S/C15H13ClN4O4/c16-9-1-3-10(4-2-9)20-15(24)13-12(17-7-8-18-13)14(23)19-6-5-11(21)22/h1-4,7-8H,5-6H2,(H,19,23)(H,20,24)(H,21,22). The number of rotatable bonds is 6. The first-order valence-corrected chi connectivity index (χ1v) is 7.23.